The van der Waals surface area contributed by atoms with Crippen LogP contribution in [-0.2, 0) is 12.0 Å². The first-order valence-electron chi connectivity index (χ1n) is 7.18. The van der Waals surface area contributed by atoms with E-state index in [-0.39, 0.29) is 11.3 Å². The molecule has 1 aromatic rings. The van der Waals surface area contributed by atoms with Crippen molar-refractivity contribution in [3.63, 3.8) is 0 Å². The van der Waals surface area contributed by atoms with Crippen molar-refractivity contribution in [2.24, 2.45) is 11.7 Å². The SMILES string of the molecule is CC(C)CN(CCC(=N)N)Cc1nc(C(C)(C)C)cs1. The molecule has 0 spiro atoms. The number of nitrogens with two attached hydrogens (primary N) is 1. The van der Waals surface area contributed by atoms with Crippen LogP contribution in [0.5, 0.6) is 0 Å². The van der Waals surface area contributed by atoms with Crippen molar-refractivity contribution in [3.8, 4) is 0 Å². The monoisotopic (exact) mass is 296 g/mol. The van der Waals surface area contributed by atoms with Gasteiger partial charge in [0.1, 0.15) is 5.01 Å². The fraction of sp³-hybridized carbons (Fsp3) is 0.733. The predicted octanol–water partition coefficient (Wildman–Crippen LogP) is 3.22. The Morgan fingerprint density at radius 2 is 2.10 bits per heavy atom. The van der Waals surface area contributed by atoms with E-state index >= 15 is 0 Å². The number of thiazole rings is 1. The molecule has 0 aliphatic rings. The van der Waals surface area contributed by atoms with Gasteiger partial charge in [0.25, 0.3) is 0 Å². The average Bonchev–Trinajstić information content (AvgIpc) is 2.73. The van der Waals surface area contributed by atoms with Crippen LogP contribution in [0.2, 0.25) is 0 Å². The van der Waals surface area contributed by atoms with Crippen LogP contribution in [0, 0.1) is 11.3 Å². The highest BCUT2D eigenvalue weighted by molar-refractivity contribution is 7.09. The molecule has 1 heterocycles. The Balaban J connectivity index is 2.68. The lowest BCUT2D eigenvalue weighted by Crippen LogP contribution is -2.31. The normalized spacial score (nSPS) is 12.3. The second-order valence-corrected chi connectivity index (χ2v) is 7.72. The van der Waals surface area contributed by atoms with Crippen LogP contribution in [0.4, 0.5) is 0 Å². The first-order valence-corrected chi connectivity index (χ1v) is 8.06. The van der Waals surface area contributed by atoms with Gasteiger partial charge in [-0.15, -0.1) is 11.3 Å². The molecule has 5 heteroatoms. The first kappa shape index (κ1) is 17.1. The molecule has 1 aromatic heterocycles. The molecule has 4 nitrogen and oxygen atoms in total. The minimum atomic E-state index is 0.108. The number of nitrogens with zero attached hydrogens (tertiary/aromatic N) is 2. The summed E-state index contributed by atoms with van der Waals surface area (Å²) in [6, 6.07) is 0. The van der Waals surface area contributed by atoms with E-state index in [1.165, 1.54) is 0 Å². The lowest BCUT2D eigenvalue weighted by Gasteiger charge is -2.23. The molecule has 0 unspecified atom stereocenters. The summed E-state index contributed by atoms with van der Waals surface area (Å²) in [5, 5.41) is 10.7. The van der Waals surface area contributed by atoms with Crippen LogP contribution in [0.25, 0.3) is 0 Å². The van der Waals surface area contributed by atoms with Crippen LogP contribution in [0.15, 0.2) is 5.38 Å². The summed E-state index contributed by atoms with van der Waals surface area (Å²) in [6.07, 6.45) is 0.629. The summed E-state index contributed by atoms with van der Waals surface area (Å²) >= 11 is 1.73. The van der Waals surface area contributed by atoms with Gasteiger partial charge in [0, 0.05) is 30.3 Å². The highest BCUT2D eigenvalue weighted by Crippen LogP contribution is 2.24. The number of hydrogen-bond donors (Lipinski definition) is 2. The zero-order valence-electron chi connectivity index (χ0n) is 13.4. The van der Waals surface area contributed by atoms with Gasteiger partial charge in [0.15, 0.2) is 0 Å². The lowest BCUT2D eigenvalue weighted by molar-refractivity contribution is 0.242. The summed E-state index contributed by atoms with van der Waals surface area (Å²) in [6.45, 7) is 13.7. The maximum absolute atomic E-state index is 7.37. The van der Waals surface area contributed by atoms with Crippen molar-refractivity contribution >= 4 is 17.2 Å². The van der Waals surface area contributed by atoms with E-state index in [9.17, 15) is 0 Å². The molecule has 3 N–H and O–H groups in total. The largest absolute Gasteiger partial charge is 0.388 e. The van der Waals surface area contributed by atoms with Crippen molar-refractivity contribution in [2.45, 2.75) is 53.0 Å². The van der Waals surface area contributed by atoms with E-state index < -0.39 is 0 Å². The van der Waals surface area contributed by atoms with Crippen LogP contribution in [-0.4, -0.2) is 28.8 Å². The zero-order valence-corrected chi connectivity index (χ0v) is 14.2. The van der Waals surface area contributed by atoms with Gasteiger partial charge >= 0.3 is 0 Å². The van der Waals surface area contributed by atoms with E-state index in [2.05, 4.69) is 44.9 Å². The lowest BCUT2D eigenvalue weighted by atomic mass is 9.93. The molecule has 114 valence electrons. The summed E-state index contributed by atoms with van der Waals surface area (Å²) in [5.74, 6) is 0.859. The maximum Gasteiger partial charge on any atom is 0.107 e. The van der Waals surface area contributed by atoms with Gasteiger partial charge in [0.2, 0.25) is 0 Å². The molecule has 0 radical (unpaired) electrons. The van der Waals surface area contributed by atoms with Crippen molar-refractivity contribution < 1.29 is 0 Å². The topological polar surface area (TPSA) is 66.0 Å². The zero-order chi connectivity index (χ0) is 15.3. The van der Waals surface area contributed by atoms with Gasteiger partial charge in [-0.1, -0.05) is 34.6 Å². The quantitative estimate of drug-likeness (QED) is 0.599. The summed E-state index contributed by atoms with van der Waals surface area (Å²) < 4.78 is 0. The van der Waals surface area contributed by atoms with Gasteiger partial charge in [-0.25, -0.2) is 4.98 Å². The Morgan fingerprint density at radius 3 is 2.55 bits per heavy atom. The highest BCUT2D eigenvalue weighted by atomic mass is 32.1. The second kappa shape index (κ2) is 7.18. The standard InChI is InChI=1S/C15H28N4S/c1-11(2)8-19(7-6-13(16)17)9-14-18-12(10-20-14)15(3,4)5/h10-11H,6-9H2,1-5H3,(H3,16,17). The fourth-order valence-electron chi connectivity index (χ4n) is 1.95. The molecule has 0 fully saturated rings. The van der Waals surface area contributed by atoms with E-state index in [1.807, 2.05) is 0 Å². The molecule has 0 bridgehead atoms. The molecule has 0 aromatic carbocycles. The van der Waals surface area contributed by atoms with E-state index in [0.717, 1.165) is 30.3 Å². The Morgan fingerprint density at radius 1 is 1.45 bits per heavy atom. The molecule has 20 heavy (non-hydrogen) atoms. The molecule has 0 aliphatic carbocycles. The number of amidine groups is 1. The molecule has 0 saturated heterocycles. The summed E-state index contributed by atoms with van der Waals surface area (Å²) in [4.78, 5) is 7.09. The third-order valence-corrected chi connectivity index (χ3v) is 3.83. The second-order valence-electron chi connectivity index (χ2n) is 6.78. The Kier molecular flexibility index (Phi) is 6.14. The number of hydrogen-bond acceptors (Lipinski definition) is 4. The molecule has 0 atom stereocenters. The first-order chi connectivity index (χ1) is 9.18. The molecule has 0 aliphatic heterocycles. The third-order valence-electron chi connectivity index (χ3n) is 3.00. The highest BCUT2D eigenvalue weighted by Gasteiger charge is 2.18. The summed E-state index contributed by atoms with van der Waals surface area (Å²) in [5.41, 5.74) is 6.74. The van der Waals surface area contributed by atoms with Crippen LogP contribution in [0.3, 0.4) is 0 Å². The molecule has 0 saturated carbocycles. The van der Waals surface area contributed by atoms with Gasteiger partial charge in [-0.2, -0.15) is 0 Å². The average molecular weight is 296 g/mol. The fourth-order valence-corrected chi connectivity index (χ4v) is 3.01. The predicted molar refractivity (Wildman–Crippen MR) is 87.5 cm³/mol. The minimum Gasteiger partial charge on any atom is -0.388 e. The molecular formula is C15H28N4S. The third kappa shape index (κ3) is 6.01. The maximum atomic E-state index is 7.37. The van der Waals surface area contributed by atoms with Gasteiger partial charge in [-0.3, -0.25) is 10.3 Å². The molecular weight excluding hydrogens is 268 g/mol. The van der Waals surface area contributed by atoms with Crippen LogP contribution in [0.1, 0.15) is 51.7 Å². The van der Waals surface area contributed by atoms with Gasteiger partial charge in [0.05, 0.1) is 18.1 Å². The van der Waals surface area contributed by atoms with Gasteiger partial charge < -0.3 is 5.73 Å². The van der Waals surface area contributed by atoms with E-state index in [4.69, 9.17) is 16.1 Å². The van der Waals surface area contributed by atoms with Crippen molar-refractivity contribution in [3.05, 3.63) is 16.1 Å². The van der Waals surface area contributed by atoms with E-state index in [0.29, 0.717) is 12.3 Å². The smallest absolute Gasteiger partial charge is 0.107 e. The van der Waals surface area contributed by atoms with Crippen molar-refractivity contribution in [1.82, 2.24) is 9.88 Å². The van der Waals surface area contributed by atoms with Crippen LogP contribution >= 0.6 is 11.3 Å². The summed E-state index contributed by atoms with van der Waals surface area (Å²) in [7, 11) is 0. The van der Waals surface area contributed by atoms with Crippen molar-refractivity contribution in [2.75, 3.05) is 13.1 Å². The minimum absolute atomic E-state index is 0.108. The van der Waals surface area contributed by atoms with Crippen LogP contribution < -0.4 is 5.73 Å². The number of nitrogens with one attached hydrogen (secondary N) is 1. The number of rotatable bonds is 7. The molecule has 0 amide bonds. The molecule has 1 rings (SSSR count). The Labute approximate surface area is 126 Å². The number of aromatic nitrogens is 1. The van der Waals surface area contributed by atoms with Crippen molar-refractivity contribution in [1.29, 1.82) is 5.41 Å². The Hall–Kier alpha value is -0.940. The van der Waals surface area contributed by atoms with E-state index in [1.54, 1.807) is 11.3 Å². The Bertz CT molecular complexity index is 431. The van der Waals surface area contributed by atoms with Gasteiger partial charge in [-0.05, 0) is 5.92 Å².